The Morgan fingerprint density at radius 3 is 2.88 bits per heavy atom. The molecule has 1 aromatic carbocycles. The fourth-order valence-electron chi connectivity index (χ4n) is 2.60. The number of benzene rings is 1. The zero-order valence-electron chi connectivity index (χ0n) is 13.7. The molecule has 1 N–H and O–H groups in total. The molecule has 0 radical (unpaired) electrons. The Bertz CT molecular complexity index is 916. The van der Waals surface area contributed by atoms with Crippen LogP contribution in [-0.2, 0) is 5.54 Å². The van der Waals surface area contributed by atoms with Gasteiger partial charge in [0.05, 0.1) is 16.6 Å². The molecule has 0 spiro atoms. The smallest absolute Gasteiger partial charge is 0.263 e. The third-order valence-corrected chi connectivity index (χ3v) is 6.02. The summed E-state index contributed by atoms with van der Waals surface area (Å²) < 4.78 is 10.8. The Morgan fingerprint density at radius 2 is 2.08 bits per heavy atom. The van der Waals surface area contributed by atoms with Crippen molar-refractivity contribution in [1.82, 2.24) is 10.3 Å². The van der Waals surface area contributed by atoms with Crippen molar-refractivity contribution in [2.24, 2.45) is 0 Å². The van der Waals surface area contributed by atoms with E-state index in [1.807, 2.05) is 49.6 Å². The molecule has 0 atom stereocenters. The number of hydrogen-bond acceptors (Lipinski definition) is 6. The van der Waals surface area contributed by atoms with E-state index in [0.29, 0.717) is 10.6 Å². The SMILES string of the molecule is CC(C)(NC(=O)c1cnc(-c2cccs2)s1)c1ccc2c(c1)OCO2. The van der Waals surface area contributed by atoms with Crippen molar-refractivity contribution in [1.29, 1.82) is 0 Å². The Kier molecular flexibility index (Phi) is 3.97. The molecular weight excluding hydrogens is 356 g/mol. The molecule has 1 aliphatic heterocycles. The van der Waals surface area contributed by atoms with Gasteiger partial charge in [-0.25, -0.2) is 4.98 Å². The van der Waals surface area contributed by atoms with E-state index in [2.05, 4.69) is 10.3 Å². The number of thiophene rings is 1. The van der Waals surface area contributed by atoms with Crippen LogP contribution in [0.1, 0.15) is 29.1 Å². The minimum atomic E-state index is -0.550. The summed E-state index contributed by atoms with van der Waals surface area (Å²) >= 11 is 3.01. The number of nitrogens with one attached hydrogen (secondary N) is 1. The average molecular weight is 372 g/mol. The third-order valence-electron chi connectivity index (χ3n) is 3.98. The quantitative estimate of drug-likeness (QED) is 0.743. The molecule has 128 valence electrons. The van der Waals surface area contributed by atoms with Crippen LogP contribution in [0.15, 0.2) is 41.9 Å². The zero-order chi connectivity index (χ0) is 17.4. The van der Waals surface area contributed by atoms with Crippen LogP contribution in [0.4, 0.5) is 0 Å². The van der Waals surface area contributed by atoms with Gasteiger partial charge in [0.2, 0.25) is 6.79 Å². The maximum Gasteiger partial charge on any atom is 0.263 e. The van der Waals surface area contributed by atoms with Crippen molar-refractivity contribution >= 4 is 28.6 Å². The van der Waals surface area contributed by atoms with E-state index in [-0.39, 0.29) is 12.7 Å². The van der Waals surface area contributed by atoms with Crippen LogP contribution >= 0.6 is 22.7 Å². The van der Waals surface area contributed by atoms with E-state index in [4.69, 9.17) is 9.47 Å². The summed E-state index contributed by atoms with van der Waals surface area (Å²) in [6, 6.07) is 9.70. The number of rotatable bonds is 4. The molecule has 7 heteroatoms. The van der Waals surface area contributed by atoms with Crippen molar-refractivity contribution < 1.29 is 14.3 Å². The average Bonchev–Trinajstić information content (AvgIpc) is 3.32. The predicted molar refractivity (Wildman–Crippen MR) is 98.5 cm³/mol. The third kappa shape index (κ3) is 3.12. The molecule has 0 aliphatic carbocycles. The van der Waals surface area contributed by atoms with Crippen LogP contribution in [0.5, 0.6) is 11.5 Å². The number of ether oxygens (including phenoxy) is 2. The van der Waals surface area contributed by atoms with Gasteiger partial charge in [-0.15, -0.1) is 22.7 Å². The van der Waals surface area contributed by atoms with Crippen LogP contribution in [0.25, 0.3) is 9.88 Å². The predicted octanol–water partition coefficient (Wildman–Crippen LogP) is 4.27. The lowest BCUT2D eigenvalue weighted by atomic mass is 9.93. The molecule has 0 bridgehead atoms. The van der Waals surface area contributed by atoms with Gasteiger partial charge in [0.15, 0.2) is 11.5 Å². The summed E-state index contributed by atoms with van der Waals surface area (Å²) in [5, 5.41) is 5.94. The minimum absolute atomic E-state index is 0.136. The summed E-state index contributed by atoms with van der Waals surface area (Å²) in [5.41, 5.74) is 0.401. The monoisotopic (exact) mass is 372 g/mol. The van der Waals surface area contributed by atoms with E-state index in [1.54, 1.807) is 17.5 Å². The van der Waals surface area contributed by atoms with E-state index in [0.717, 1.165) is 21.2 Å². The molecule has 4 rings (SSSR count). The van der Waals surface area contributed by atoms with E-state index in [1.165, 1.54) is 11.3 Å². The number of nitrogens with zero attached hydrogens (tertiary/aromatic N) is 1. The molecule has 2 aromatic heterocycles. The number of thiazole rings is 1. The molecule has 0 fully saturated rings. The van der Waals surface area contributed by atoms with Crippen LogP contribution in [0, 0.1) is 0 Å². The molecular formula is C18H16N2O3S2. The van der Waals surface area contributed by atoms with Crippen molar-refractivity contribution in [2.45, 2.75) is 19.4 Å². The number of aromatic nitrogens is 1. The minimum Gasteiger partial charge on any atom is -0.454 e. The molecule has 1 aliphatic rings. The number of carbonyl (C=O) groups is 1. The highest BCUT2D eigenvalue weighted by Gasteiger charge is 2.27. The van der Waals surface area contributed by atoms with Gasteiger partial charge in [0.25, 0.3) is 5.91 Å². The van der Waals surface area contributed by atoms with Crippen molar-refractivity contribution in [3.05, 3.63) is 52.3 Å². The van der Waals surface area contributed by atoms with Gasteiger partial charge in [0.1, 0.15) is 9.88 Å². The molecule has 0 saturated heterocycles. The van der Waals surface area contributed by atoms with E-state index < -0.39 is 5.54 Å². The van der Waals surface area contributed by atoms with Crippen molar-refractivity contribution in [3.63, 3.8) is 0 Å². The second kappa shape index (κ2) is 6.16. The summed E-state index contributed by atoms with van der Waals surface area (Å²) in [6.45, 7) is 4.16. The van der Waals surface area contributed by atoms with Gasteiger partial charge in [-0.3, -0.25) is 4.79 Å². The molecule has 5 nitrogen and oxygen atoms in total. The van der Waals surface area contributed by atoms with Crippen LogP contribution in [-0.4, -0.2) is 17.7 Å². The molecule has 1 amide bonds. The Labute approximate surface area is 153 Å². The number of carbonyl (C=O) groups excluding carboxylic acids is 1. The van der Waals surface area contributed by atoms with E-state index in [9.17, 15) is 4.79 Å². The molecule has 25 heavy (non-hydrogen) atoms. The molecule has 3 heterocycles. The van der Waals surface area contributed by atoms with Gasteiger partial charge in [0, 0.05) is 0 Å². The first-order valence-corrected chi connectivity index (χ1v) is 9.45. The van der Waals surface area contributed by atoms with Gasteiger partial charge in [-0.2, -0.15) is 0 Å². The Balaban J connectivity index is 1.53. The number of fused-ring (bicyclic) bond motifs is 1. The lowest BCUT2D eigenvalue weighted by molar-refractivity contribution is 0.0916. The summed E-state index contributed by atoms with van der Waals surface area (Å²) in [5.74, 6) is 1.30. The maximum atomic E-state index is 12.7. The van der Waals surface area contributed by atoms with Gasteiger partial charge < -0.3 is 14.8 Å². The second-order valence-corrected chi connectivity index (χ2v) is 8.13. The van der Waals surface area contributed by atoms with Crippen LogP contribution < -0.4 is 14.8 Å². The van der Waals surface area contributed by atoms with Gasteiger partial charge in [-0.1, -0.05) is 12.1 Å². The summed E-state index contributed by atoms with van der Waals surface area (Å²) in [7, 11) is 0. The second-order valence-electron chi connectivity index (χ2n) is 6.15. The number of hydrogen-bond donors (Lipinski definition) is 1. The lowest BCUT2D eigenvalue weighted by Gasteiger charge is -2.26. The first-order chi connectivity index (χ1) is 12.0. The lowest BCUT2D eigenvalue weighted by Crippen LogP contribution is -2.40. The standard InChI is InChI=1S/C18H16N2O3S2/c1-18(2,11-5-6-12-13(8-11)23-10-22-12)20-16(21)15-9-19-17(25-15)14-4-3-7-24-14/h3-9H,10H2,1-2H3,(H,20,21). The van der Waals surface area contributed by atoms with Crippen molar-refractivity contribution in [2.75, 3.05) is 6.79 Å². The largest absolute Gasteiger partial charge is 0.454 e. The Hall–Kier alpha value is -2.38. The van der Waals surface area contributed by atoms with Gasteiger partial charge in [-0.05, 0) is 43.0 Å². The topological polar surface area (TPSA) is 60.5 Å². The van der Waals surface area contributed by atoms with Crippen molar-refractivity contribution in [3.8, 4) is 21.4 Å². The fraction of sp³-hybridized carbons (Fsp3) is 0.222. The van der Waals surface area contributed by atoms with E-state index >= 15 is 0 Å². The van der Waals surface area contributed by atoms with Crippen LogP contribution in [0.2, 0.25) is 0 Å². The molecule has 0 unspecified atom stereocenters. The Morgan fingerprint density at radius 1 is 1.24 bits per heavy atom. The molecule has 0 saturated carbocycles. The highest BCUT2D eigenvalue weighted by atomic mass is 32.1. The highest BCUT2D eigenvalue weighted by molar-refractivity contribution is 7.21. The first-order valence-electron chi connectivity index (χ1n) is 7.75. The fourth-order valence-corrected chi connectivity index (χ4v) is 4.21. The normalized spacial score (nSPS) is 13.0. The van der Waals surface area contributed by atoms with Crippen LogP contribution in [0.3, 0.4) is 0 Å². The van der Waals surface area contributed by atoms with Gasteiger partial charge >= 0.3 is 0 Å². The first kappa shape index (κ1) is 16.1. The molecule has 3 aromatic rings. The number of amides is 1. The highest BCUT2D eigenvalue weighted by Crippen LogP contribution is 2.36. The zero-order valence-corrected chi connectivity index (χ0v) is 15.4. The summed E-state index contributed by atoms with van der Waals surface area (Å²) in [6.07, 6.45) is 1.63. The summed E-state index contributed by atoms with van der Waals surface area (Å²) in [4.78, 5) is 18.7. The maximum absolute atomic E-state index is 12.7.